The van der Waals surface area contributed by atoms with Crippen LogP contribution in [0.1, 0.15) is 26.3 Å². The van der Waals surface area contributed by atoms with E-state index in [1.807, 2.05) is 30.3 Å². The molecule has 0 fully saturated rings. The van der Waals surface area contributed by atoms with Gasteiger partial charge in [-0.25, -0.2) is 0 Å². The standard InChI is InChI=1S/C23H18N2O4S/c26-21(14-30-13-15-4-2-1-3-5-15)24-16-6-8-17(9-7-16)29-18-10-11-19-20(12-18)23(28)25-22(19)27/h1-12H,13-14H2,(H,24,26)(H,25,27,28). The molecule has 3 aromatic rings. The molecule has 0 aliphatic carbocycles. The number of benzene rings is 3. The van der Waals surface area contributed by atoms with Crippen LogP contribution < -0.4 is 15.4 Å². The summed E-state index contributed by atoms with van der Waals surface area (Å²) in [5, 5.41) is 5.11. The van der Waals surface area contributed by atoms with E-state index in [-0.39, 0.29) is 5.91 Å². The molecule has 4 rings (SSSR count). The fourth-order valence-corrected chi connectivity index (χ4v) is 3.77. The molecule has 3 amide bonds. The molecule has 150 valence electrons. The molecule has 1 aliphatic heterocycles. The van der Waals surface area contributed by atoms with Crippen molar-refractivity contribution in [1.29, 1.82) is 0 Å². The first-order valence-corrected chi connectivity index (χ1v) is 10.4. The number of thioether (sulfide) groups is 1. The van der Waals surface area contributed by atoms with E-state index in [1.54, 1.807) is 48.2 Å². The van der Waals surface area contributed by atoms with E-state index >= 15 is 0 Å². The van der Waals surface area contributed by atoms with Crippen LogP contribution in [0.25, 0.3) is 0 Å². The monoisotopic (exact) mass is 418 g/mol. The third kappa shape index (κ3) is 4.69. The lowest BCUT2D eigenvalue weighted by molar-refractivity contribution is -0.113. The maximum atomic E-state index is 12.1. The summed E-state index contributed by atoms with van der Waals surface area (Å²) in [6.45, 7) is 0. The molecule has 0 saturated carbocycles. The molecule has 7 heteroatoms. The molecule has 0 bridgehead atoms. The maximum Gasteiger partial charge on any atom is 0.259 e. The molecule has 0 atom stereocenters. The Morgan fingerprint density at radius 3 is 2.33 bits per heavy atom. The van der Waals surface area contributed by atoms with Gasteiger partial charge in [0.2, 0.25) is 5.91 Å². The predicted molar refractivity (Wildman–Crippen MR) is 116 cm³/mol. The average molecular weight is 418 g/mol. The lowest BCUT2D eigenvalue weighted by Gasteiger charge is -2.09. The number of carbonyl (C=O) groups is 3. The topological polar surface area (TPSA) is 84.5 Å². The van der Waals surface area contributed by atoms with Gasteiger partial charge in [-0.15, -0.1) is 11.8 Å². The van der Waals surface area contributed by atoms with Gasteiger partial charge in [-0.05, 0) is 48.0 Å². The molecule has 0 aromatic heterocycles. The van der Waals surface area contributed by atoms with Crippen molar-refractivity contribution in [3.63, 3.8) is 0 Å². The molecule has 3 aromatic carbocycles. The van der Waals surface area contributed by atoms with Gasteiger partial charge in [0.1, 0.15) is 11.5 Å². The number of anilines is 1. The van der Waals surface area contributed by atoms with E-state index in [9.17, 15) is 14.4 Å². The highest BCUT2D eigenvalue weighted by molar-refractivity contribution is 7.99. The predicted octanol–water partition coefficient (Wildman–Crippen LogP) is 4.23. The van der Waals surface area contributed by atoms with E-state index in [4.69, 9.17) is 4.74 Å². The minimum Gasteiger partial charge on any atom is -0.457 e. The molecule has 1 heterocycles. The second-order valence-electron chi connectivity index (χ2n) is 6.64. The highest BCUT2D eigenvalue weighted by atomic mass is 32.2. The van der Waals surface area contributed by atoms with Crippen LogP contribution >= 0.6 is 11.8 Å². The largest absolute Gasteiger partial charge is 0.457 e. The quantitative estimate of drug-likeness (QED) is 0.561. The van der Waals surface area contributed by atoms with Gasteiger partial charge in [-0.1, -0.05) is 30.3 Å². The van der Waals surface area contributed by atoms with Crippen molar-refractivity contribution in [1.82, 2.24) is 5.32 Å². The molecular formula is C23H18N2O4S. The Kier molecular flexibility index (Phi) is 5.81. The Balaban J connectivity index is 1.30. The lowest BCUT2D eigenvalue weighted by Crippen LogP contribution is -2.19. The summed E-state index contributed by atoms with van der Waals surface area (Å²) in [6.07, 6.45) is 0. The van der Waals surface area contributed by atoms with Gasteiger partial charge in [0.25, 0.3) is 11.8 Å². The number of imide groups is 1. The van der Waals surface area contributed by atoms with E-state index in [0.717, 1.165) is 5.75 Å². The van der Waals surface area contributed by atoms with Gasteiger partial charge in [0.05, 0.1) is 16.9 Å². The van der Waals surface area contributed by atoms with Crippen molar-refractivity contribution in [3.05, 3.63) is 89.5 Å². The fraction of sp³-hybridized carbons (Fsp3) is 0.0870. The molecule has 0 spiro atoms. The Morgan fingerprint density at radius 1 is 0.867 bits per heavy atom. The van der Waals surface area contributed by atoms with E-state index < -0.39 is 11.8 Å². The number of hydrogen-bond acceptors (Lipinski definition) is 5. The molecule has 0 saturated heterocycles. The van der Waals surface area contributed by atoms with Crippen LogP contribution in [-0.2, 0) is 10.5 Å². The smallest absolute Gasteiger partial charge is 0.259 e. The second kappa shape index (κ2) is 8.84. The highest BCUT2D eigenvalue weighted by Crippen LogP contribution is 2.27. The Morgan fingerprint density at radius 2 is 1.57 bits per heavy atom. The summed E-state index contributed by atoms with van der Waals surface area (Å²) in [6, 6.07) is 21.7. The van der Waals surface area contributed by atoms with E-state index in [1.165, 1.54) is 11.6 Å². The van der Waals surface area contributed by atoms with Gasteiger partial charge in [-0.2, -0.15) is 0 Å². The minimum atomic E-state index is -0.427. The number of amides is 3. The number of carbonyl (C=O) groups excluding carboxylic acids is 3. The van der Waals surface area contributed by atoms with Crippen LogP contribution in [0.15, 0.2) is 72.8 Å². The second-order valence-corrected chi connectivity index (χ2v) is 7.63. The van der Waals surface area contributed by atoms with Crippen molar-refractivity contribution < 1.29 is 19.1 Å². The summed E-state index contributed by atoms with van der Waals surface area (Å²) in [5.74, 6) is 1.25. The molecule has 0 unspecified atom stereocenters. The van der Waals surface area contributed by atoms with Crippen molar-refractivity contribution in [2.45, 2.75) is 5.75 Å². The third-order valence-corrected chi connectivity index (χ3v) is 5.43. The zero-order chi connectivity index (χ0) is 20.9. The van der Waals surface area contributed by atoms with Crippen LogP contribution in [0, 0.1) is 0 Å². The zero-order valence-electron chi connectivity index (χ0n) is 15.9. The lowest BCUT2D eigenvalue weighted by atomic mass is 10.1. The summed E-state index contributed by atoms with van der Waals surface area (Å²) in [7, 11) is 0. The minimum absolute atomic E-state index is 0.0705. The van der Waals surface area contributed by atoms with Crippen LogP contribution in [-0.4, -0.2) is 23.5 Å². The Hall–Kier alpha value is -3.58. The van der Waals surface area contributed by atoms with Crippen LogP contribution in [0.3, 0.4) is 0 Å². The van der Waals surface area contributed by atoms with Gasteiger partial charge in [-0.3, -0.25) is 19.7 Å². The first-order chi connectivity index (χ1) is 14.6. The first-order valence-electron chi connectivity index (χ1n) is 9.28. The van der Waals surface area contributed by atoms with Crippen molar-refractivity contribution >= 4 is 35.2 Å². The first kappa shape index (κ1) is 19.7. The number of fused-ring (bicyclic) bond motifs is 1. The Bertz CT molecular complexity index is 1100. The highest BCUT2D eigenvalue weighted by Gasteiger charge is 2.26. The molecular weight excluding hydrogens is 400 g/mol. The van der Waals surface area contributed by atoms with E-state index in [2.05, 4.69) is 10.6 Å². The van der Waals surface area contributed by atoms with Crippen LogP contribution in [0.4, 0.5) is 5.69 Å². The number of hydrogen-bond donors (Lipinski definition) is 2. The molecule has 0 radical (unpaired) electrons. The number of ether oxygens (including phenoxy) is 1. The van der Waals surface area contributed by atoms with Crippen molar-refractivity contribution in [2.75, 3.05) is 11.1 Å². The van der Waals surface area contributed by atoms with Gasteiger partial charge >= 0.3 is 0 Å². The zero-order valence-corrected chi connectivity index (χ0v) is 16.7. The molecule has 1 aliphatic rings. The number of rotatable bonds is 7. The number of nitrogens with one attached hydrogen (secondary N) is 2. The molecule has 2 N–H and O–H groups in total. The van der Waals surface area contributed by atoms with Crippen LogP contribution in [0.5, 0.6) is 11.5 Å². The van der Waals surface area contributed by atoms with Gasteiger partial charge in [0.15, 0.2) is 0 Å². The molecule has 30 heavy (non-hydrogen) atoms. The fourth-order valence-electron chi connectivity index (χ4n) is 2.99. The van der Waals surface area contributed by atoms with Gasteiger partial charge in [0, 0.05) is 11.4 Å². The third-order valence-electron chi connectivity index (χ3n) is 4.43. The van der Waals surface area contributed by atoms with Crippen LogP contribution in [0.2, 0.25) is 0 Å². The SMILES string of the molecule is O=C(CSCc1ccccc1)Nc1ccc(Oc2ccc3c(c2)C(=O)NC3=O)cc1. The Labute approximate surface area is 177 Å². The molecule has 6 nitrogen and oxygen atoms in total. The van der Waals surface area contributed by atoms with Crippen molar-refractivity contribution in [3.8, 4) is 11.5 Å². The maximum absolute atomic E-state index is 12.1. The summed E-state index contributed by atoms with van der Waals surface area (Å²) >= 11 is 1.56. The van der Waals surface area contributed by atoms with Crippen molar-refractivity contribution in [2.24, 2.45) is 0 Å². The van der Waals surface area contributed by atoms with E-state index in [0.29, 0.717) is 34.1 Å². The van der Waals surface area contributed by atoms with Gasteiger partial charge < -0.3 is 10.1 Å². The summed E-state index contributed by atoms with van der Waals surface area (Å²) in [5.41, 5.74) is 2.50. The average Bonchev–Trinajstić information content (AvgIpc) is 3.03. The summed E-state index contributed by atoms with van der Waals surface area (Å²) < 4.78 is 5.75. The summed E-state index contributed by atoms with van der Waals surface area (Å²) in [4.78, 5) is 35.5. The normalized spacial score (nSPS) is 12.3.